The number of hydrogen-bond acceptors (Lipinski definition) is 8. The molecule has 1 aliphatic heterocycles. The SMILES string of the molecule is CC1(C)OB(O)c2ccc(NC(=O)C(CCc3ccc(C(F)(F)F)cc3)NC(=O)C(N)CCC(=O)N(CCN)CCN)cc21. The quantitative estimate of drug-likeness (QED) is 0.166. The summed E-state index contributed by atoms with van der Waals surface area (Å²) in [5.41, 5.74) is 17.8. The highest BCUT2D eigenvalue weighted by Crippen LogP contribution is 2.32. The van der Waals surface area contributed by atoms with E-state index in [0.29, 0.717) is 35.4 Å². The number of amides is 3. The van der Waals surface area contributed by atoms with Crippen molar-refractivity contribution >= 4 is 36.0 Å². The molecule has 0 radical (unpaired) electrons. The maximum Gasteiger partial charge on any atom is 0.492 e. The third-order valence-corrected chi connectivity index (χ3v) is 7.43. The lowest BCUT2D eigenvalue weighted by Gasteiger charge is -2.23. The van der Waals surface area contributed by atoms with E-state index in [1.807, 2.05) is 0 Å². The monoisotopic (exact) mass is 620 g/mol. The third kappa shape index (κ3) is 9.25. The van der Waals surface area contributed by atoms with E-state index in [9.17, 15) is 32.6 Å². The summed E-state index contributed by atoms with van der Waals surface area (Å²) in [7, 11) is -1.11. The minimum Gasteiger partial charge on any atom is -0.423 e. The zero-order valence-electron chi connectivity index (χ0n) is 24.8. The Hall–Kier alpha value is -3.50. The lowest BCUT2D eigenvalue weighted by Crippen LogP contribution is -2.50. The maximum atomic E-state index is 13.4. The van der Waals surface area contributed by atoms with Crippen LogP contribution in [0, 0.1) is 0 Å². The lowest BCUT2D eigenvalue weighted by molar-refractivity contribution is -0.137. The van der Waals surface area contributed by atoms with Crippen LogP contribution in [0.15, 0.2) is 42.5 Å². The standard InChI is InChI=1S/C29H40BF3N6O5/c1-28(2)21-17-20(8-9-22(21)30(43)44-28)37-27(42)24(11-5-18-3-6-19(7-4-18)29(31,32)33)38-26(41)23(36)10-12-25(40)39(15-13-34)16-14-35/h3-4,6-9,17,23-24,43H,5,10-16,34-36H2,1-2H3,(H,37,42)(H,38,41). The number of aryl methyl sites for hydroxylation is 1. The Morgan fingerprint density at radius 1 is 1.02 bits per heavy atom. The second-order valence-corrected chi connectivity index (χ2v) is 11.2. The summed E-state index contributed by atoms with van der Waals surface area (Å²) >= 11 is 0. The molecule has 0 saturated heterocycles. The molecule has 11 nitrogen and oxygen atoms in total. The molecule has 0 aliphatic carbocycles. The van der Waals surface area contributed by atoms with Crippen molar-refractivity contribution in [2.24, 2.45) is 17.2 Å². The first-order valence-corrected chi connectivity index (χ1v) is 14.4. The van der Waals surface area contributed by atoms with Gasteiger partial charge < -0.3 is 42.4 Å². The van der Waals surface area contributed by atoms with Gasteiger partial charge in [0.05, 0.1) is 17.2 Å². The summed E-state index contributed by atoms with van der Waals surface area (Å²) in [6, 6.07) is 7.21. The van der Waals surface area contributed by atoms with Crippen molar-refractivity contribution in [2.75, 3.05) is 31.5 Å². The smallest absolute Gasteiger partial charge is 0.423 e. The van der Waals surface area contributed by atoms with Crippen LogP contribution in [0.25, 0.3) is 0 Å². The molecular formula is C29H40BF3N6O5. The highest BCUT2D eigenvalue weighted by Gasteiger charge is 2.40. The second-order valence-electron chi connectivity index (χ2n) is 11.2. The van der Waals surface area contributed by atoms with Gasteiger partial charge in [0.1, 0.15) is 6.04 Å². The van der Waals surface area contributed by atoms with Gasteiger partial charge in [0.25, 0.3) is 0 Å². The van der Waals surface area contributed by atoms with Crippen LogP contribution >= 0.6 is 0 Å². The molecule has 0 bridgehead atoms. The van der Waals surface area contributed by atoms with E-state index in [4.69, 9.17) is 21.9 Å². The van der Waals surface area contributed by atoms with Crippen molar-refractivity contribution in [2.45, 2.75) is 63.4 Å². The molecule has 2 aromatic rings. The predicted octanol–water partition coefficient (Wildman–Crippen LogP) is 0.568. The highest BCUT2D eigenvalue weighted by molar-refractivity contribution is 6.62. The number of anilines is 1. The van der Waals surface area contributed by atoms with E-state index >= 15 is 0 Å². The first kappa shape index (κ1) is 35.0. The van der Waals surface area contributed by atoms with Crippen molar-refractivity contribution < 1.29 is 37.2 Å². The highest BCUT2D eigenvalue weighted by atomic mass is 19.4. The van der Waals surface area contributed by atoms with Crippen LogP contribution in [-0.2, 0) is 37.2 Å². The summed E-state index contributed by atoms with van der Waals surface area (Å²) in [5.74, 6) is -1.50. The fraction of sp³-hybridized carbons (Fsp3) is 0.483. The molecule has 3 rings (SSSR count). The van der Waals surface area contributed by atoms with E-state index in [2.05, 4.69) is 10.6 Å². The molecule has 2 unspecified atom stereocenters. The van der Waals surface area contributed by atoms with Crippen LogP contribution in [0.3, 0.4) is 0 Å². The fourth-order valence-electron chi connectivity index (χ4n) is 4.97. The largest absolute Gasteiger partial charge is 0.492 e. The van der Waals surface area contributed by atoms with Gasteiger partial charge in [-0.15, -0.1) is 0 Å². The van der Waals surface area contributed by atoms with E-state index in [1.165, 1.54) is 17.0 Å². The van der Waals surface area contributed by atoms with Gasteiger partial charge in [0.2, 0.25) is 17.7 Å². The summed E-state index contributed by atoms with van der Waals surface area (Å²) in [6.07, 6.45) is -4.28. The average molecular weight is 620 g/mol. The molecule has 15 heteroatoms. The van der Waals surface area contributed by atoms with Gasteiger partial charge in [0.15, 0.2) is 0 Å². The summed E-state index contributed by atoms with van der Waals surface area (Å²) in [5, 5.41) is 15.6. The van der Waals surface area contributed by atoms with Gasteiger partial charge in [-0.05, 0) is 74.0 Å². The number of carbonyl (C=O) groups excluding carboxylic acids is 3. The molecule has 0 fully saturated rings. The zero-order chi connectivity index (χ0) is 32.7. The van der Waals surface area contributed by atoms with Crippen LogP contribution in [0.1, 0.15) is 49.8 Å². The fourth-order valence-corrected chi connectivity index (χ4v) is 4.97. The molecule has 2 aromatic carbocycles. The molecule has 2 atom stereocenters. The first-order valence-electron chi connectivity index (χ1n) is 14.4. The Kier molecular flexibility index (Phi) is 11.9. The minimum atomic E-state index is -4.48. The molecule has 1 aliphatic rings. The molecular weight excluding hydrogens is 580 g/mol. The first-order chi connectivity index (χ1) is 20.7. The molecule has 9 N–H and O–H groups in total. The summed E-state index contributed by atoms with van der Waals surface area (Å²) < 4.78 is 44.5. The lowest BCUT2D eigenvalue weighted by atomic mass is 9.78. The number of nitrogens with zero attached hydrogens (tertiary/aromatic N) is 1. The van der Waals surface area contributed by atoms with E-state index < -0.39 is 48.4 Å². The van der Waals surface area contributed by atoms with Gasteiger partial charge in [-0.3, -0.25) is 14.4 Å². The number of nitrogens with two attached hydrogens (primary N) is 3. The molecule has 3 amide bonds. The number of nitrogens with one attached hydrogen (secondary N) is 2. The Balaban J connectivity index is 1.72. The van der Waals surface area contributed by atoms with Gasteiger partial charge in [-0.2, -0.15) is 13.2 Å². The maximum absolute atomic E-state index is 13.4. The molecule has 0 spiro atoms. The number of hydrogen-bond donors (Lipinski definition) is 6. The molecule has 1 heterocycles. The number of rotatable bonds is 14. The van der Waals surface area contributed by atoms with Gasteiger partial charge in [-0.1, -0.05) is 18.2 Å². The normalized spacial score (nSPS) is 15.3. The Morgan fingerprint density at radius 2 is 1.66 bits per heavy atom. The molecule has 0 saturated carbocycles. The minimum absolute atomic E-state index is 0.00574. The summed E-state index contributed by atoms with van der Waals surface area (Å²) in [6.45, 7) is 4.69. The number of carbonyl (C=O) groups is 3. The third-order valence-electron chi connectivity index (χ3n) is 7.43. The van der Waals surface area contributed by atoms with Crippen molar-refractivity contribution in [3.63, 3.8) is 0 Å². The number of halogens is 3. The van der Waals surface area contributed by atoms with Gasteiger partial charge in [-0.25, -0.2) is 0 Å². The van der Waals surface area contributed by atoms with Crippen LogP contribution in [0.2, 0.25) is 0 Å². The second kappa shape index (κ2) is 15.0. The van der Waals surface area contributed by atoms with Crippen LogP contribution < -0.4 is 33.3 Å². The number of alkyl halides is 3. The average Bonchev–Trinajstić information content (AvgIpc) is 3.20. The molecule has 0 aromatic heterocycles. The molecule has 44 heavy (non-hydrogen) atoms. The number of benzene rings is 2. The topological polar surface area (TPSA) is 186 Å². The Bertz CT molecular complexity index is 1310. The molecule has 240 valence electrons. The van der Waals surface area contributed by atoms with Crippen LogP contribution in [-0.4, -0.2) is 73.0 Å². The van der Waals surface area contributed by atoms with Crippen molar-refractivity contribution in [1.29, 1.82) is 0 Å². The van der Waals surface area contributed by atoms with Gasteiger partial charge >= 0.3 is 13.3 Å². The van der Waals surface area contributed by atoms with Crippen LogP contribution in [0.4, 0.5) is 18.9 Å². The predicted molar refractivity (Wildman–Crippen MR) is 160 cm³/mol. The number of fused-ring (bicyclic) bond motifs is 1. The van der Waals surface area contributed by atoms with Crippen molar-refractivity contribution in [3.8, 4) is 0 Å². The van der Waals surface area contributed by atoms with Crippen LogP contribution in [0.5, 0.6) is 0 Å². The Morgan fingerprint density at radius 3 is 2.25 bits per heavy atom. The van der Waals surface area contributed by atoms with Crippen molar-refractivity contribution in [1.82, 2.24) is 10.2 Å². The van der Waals surface area contributed by atoms with Gasteiger partial charge in [0, 0.05) is 38.3 Å². The Labute approximate surface area is 254 Å². The zero-order valence-corrected chi connectivity index (χ0v) is 24.8. The van der Waals surface area contributed by atoms with Crippen molar-refractivity contribution in [3.05, 3.63) is 59.2 Å². The van der Waals surface area contributed by atoms with E-state index in [1.54, 1.807) is 32.0 Å². The summed E-state index contributed by atoms with van der Waals surface area (Å²) in [4.78, 5) is 40.5. The van der Waals surface area contributed by atoms with E-state index in [0.717, 1.165) is 12.1 Å². The van der Waals surface area contributed by atoms with E-state index in [-0.39, 0.29) is 44.7 Å².